The lowest BCUT2D eigenvalue weighted by molar-refractivity contribution is -0.200. The Hall–Kier alpha value is -3.50. The first-order valence-corrected chi connectivity index (χ1v) is 9.62. The highest BCUT2D eigenvalue weighted by Gasteiger charge is 2.40. The Bertz CT molecular complexity index is 1030. The van der Waals surface area contributed by atoms with Gasteiger partial charge in [0.15, 0.2) is 6.10 Å². The van der Waals surface area contributed by atoms with Crippen molar-refractivity contribution in [1.29, 1.82) is 5.26 Å². The number of rotatable bonds is 7. The summed E-state index contributed by atoms with van der Waals surface area (Å²) >= 11 is 0. The van der Waals surface area contributed by atoms with Gasteiger partial charge >= 0.3 is 6.18 Å². The van der Waals surface area contributed by atoms with E-state index < -0.39 is 24.9 Å². The van der Waals surface area contributed by atoms with Gasteiger partial charge in [-0.1, -0.05) is 36.4 Å². The summed E-state index contributed by atoms with van der Waals surface area (Å²) in [4.78, 5) is 1.47. The van der Waals surface area contributed by atoms with Crippen molar-refractivity contribution in [3.8, 4) is 17.6 Å². The van der Waals surface area contributed by atoms with Crippen LogP contribution in [0.2, 0.25) is 0 Å². The van der Waals surface area contributed by atoms with Crippen LogP contribution >= 0.6 is 0 Å². The molecule has 0 heterocycles. The van der Waals surface area contributed by atoms with E-state index in [1.165, 1.54) is 4.90 Å². The van der Waals surface area contributed by atoms with Gasteiger partial charge in [0.1, 0.15) is 11.5 Å². The molecule has 0 fully saturated rings. The number of hydrogen-bond donors (Lipinski definition) is 1. The maximum absolute atomic E-state index is 13.1. The first-order valence-electron chi connectivity index (χ1n) is 9.62. The summed E-state index contributed by atoms with van der Waals surface area (Å²) in [6, 6.07) is 23.9. The number of aliphatic hydroxyl groups is 1. The van der Waals surface area contributed by atoms with E-state index >= 15 is 0 Å². The second-order valence-corrected chi connectivity index (χ2v) is 7.03. The first kappa shape index (κ1) is 22.2. The minimum atomic E-state index is -4.75. The second-order valence-electron chi connectivity index (χ2n) is 7.03. The molecular formula is C24H21F3N2O2. The Morgan fingerprint density at radius 1 is 0.968 bits per heavy atom. The van der Waals surface area contributed by atoms with Gasteiger partial charge in [-0.3, -0.25) is 0 Å². The summed E-state index contributed by atoms with van der Waals surface area (Å²) in [6.45, 7) is 1.09. The zero-order chi connectivity index (χ0) is 22.4. The SMILES string of the molecule is CC(c1ccc(C#N)cc1)N(CC(O)C(F)(F)F)c1cccc(Oc2ccccc2)c1. The molecule has 2 atom stereocenters. The molecule has 0 bridgehead atoms. The summed E-state index contributed by atoms with van der Waals surface area (Å²) < 4.78 is 45.2. The van der Waals surface area contributed by atoms with Gasteiger partial charge in [-0.15, -0.1) is 0 Å². The molecule has 3 rings (SSSR count). The number of nitriles is 1. The molecule has 0 radical (unpaired) electrons. The van der Waals surface area contributed by atoms with E-state index in [0.717, 1.165) is 0 Å². The number of aliphatic hydroxyl groups excluding tert-OH is 1. The van der Waals surface area contributed by atoms with Crippen LogP contribution in [-0.4, -0.2) is 23.9 Å². The standard InChI is InChI=1S/C24H21F3N2O2/c1-17(19-12-10-18(15-28)11-13-19)29(16-23(30)24(25,26)27)20-6-5-9-22(14-20)31-21-7-3-2-4-8-21/h2-14,17,23,30H,16H2,1H3. The molecule has 31 heavy (non-hydrogen) atoms. The van der Waals surface area contributed by atoms with Gasteiger partial charge in [-0.2, -0.15) is 18.4 Å². The molecular weight excluding hydrogens is 405 g/mol. The topological polar surface area (TPSA) is 56.5 Å². The predicted octanol–water partition coefficient (Wildman–Crippen LogP) is 5.84. The van der Waals surface area contributed by atoms with E-state index in [1.807, 2.05) is 24.3 Å². The van der Waals surface area contributed by atoms with Crippen molar-refractivity contribution in [2.24, 2.45) is 0 Å². The molecule has 3 aromatic rings. The van der Waals surface area contributed by atoms with Crippen LogP contribution < -0.4 is 9.64 Å². The quantitative estimate of drug-likeness (QED) is 0.516. The van der Waals surface area contributed by atoms with E-state index in [-0.39, 0.29) is 0 Å². The maximum atomic E-state index is 13.1. The Morgan fingerprint density at radius 2 is 1.61 bits per heavy atom. The highest BCUT2D eigenvalue weighted by atomic mass is 19.4. The largest absolute Gasteiger partial charge is 0.457 e. The number of hydrogen-bond acceptors (Lipinski definition) is 4. The first-order chi connectivity index (χ1) is 14.8. The molecule has 0 saturated carbocycles. The molecule has 0 aliphatic heterocycles. The van der Waals surface area contributed by atoms with Crippen molar-refractivity contribution >= 4 is 5.69 Å². The van der Waals surface area contributed by atoms with E-state index in [4.69, 9.17) is 10.00 Å². The Labute approximate surface area is 178 Å². The minimum absolute atomic E-state index is 0.455. The fourth-order valence-electron chi connectivity index (χ4n) is 3.14. The van der Waals surface area contributed by atoms with Crippen molar-refractivity contribution in [3.05, 3.63) is 90.0 Å². The Kier molecular flexibility index (Phi) is 6.83. The second kappa shape index (κ2) is 9.54. The summed E-state index contributed by atoms with van der Waals surface area (Å²) in [5, 5.41) is 18.7. The average molecular weight is 426 g/mol. The monoisotopic (exact) mass is 426 g/mol. The van der Waals surface area contributed by atoms with Crippen molar-refractivity contribution < 1.29 is 23.0 Å². The summed E-state index contributed by atoms with van der Waals surface area (Å²) in [5.74, 6) is 1.06. The van der Waals surface area contributed by atoms with Crippen LogP contribution in [0.15, 0.2) is 78.9 Å². The van der Waals surface area contributed by atoms with Crippen LogP contribution in [0.4, 0.5) is 18.9 Å². The van der Waals surface area contributed by atoms with Gasteiger partial charge < -0.3 is 14.7 Å². The number of ether oxygens (including phenoxy) is 1. The van der Waals surface area contributed by atoms with Crippen LogP contribution in [0.3, 0.4) is 0 Å². The molecule has 0 aliphatic rings. The summed E-state index contributed by atoms with van der Waals surface area (Å²) in [5.41, 5.74) is 1.63. The number of halogens is 3. The lowest BCUT2D eigenvalue weighted by Crippen LogP contribution is -2.42. The minimum Gasteiger partial charge on any atom is -0.457 e. The lowest BCUT2D eigenvalue weighted by atomic mass is 10.0. The third-order valence-electron chi connectivity index (χ3n) is 4.87. The Balaban J connectivity index is 1.93. The van der Waals surface area contributed by atoms with Crippen LogP contribution in [-0.2, 0) is 0 Å². The number of alkyl halides is 3. The van der Waals surface area contributed by atoms with Crippen LogP contribution in [0.25, 0.3) is 0 Å². The normalized spacial score (nSPS) is 13.2. The van der Waals surface area contributed by atoms with Crippen LogP contribution in [0.5, 0.6) is 11.5 Å². The average Bonchev–Trinajstić information content (AvgIpc) is 2.77. The predicted molar refractivity (Wildman–Crippen MR) is 112 cm³/mol. The smallest absolute Gasteiger partial charge is 0.416 e. The molecule has 3 aromatic carbocycles. The highest BCUT2D eigenvalue weighted by Crippen LogP contribution is 2.33. The van der Waals surface area contributed by atoms with Crippen molar-refractivity contribution in [1.82, 2.24) is 0 Å². The van der Waals surface area contributed by atoms with E-state index in [9.17, 15) is 18.3 Å². The van der Waals surface area contributed by atoms with Crippen molar-refractivity contribution in [2.75, 3.05) is 11.4 Å². The third-order valence-corrected chi connectivity index (χ3v) is 4.87. The highest BCUT2D eigenvalue weighted by molar-refractivity contribution is 5.53. The van der Waals surface area contributed by atoms with E-state index in [1.54, 1.807) is 67.6 Å². The van der Waals surface area contributed by atoms with Crippen LogP contribution in [0, 0.1) is 11.3 Å². The molecule has 0 aliphatic carbocycles. The van der Waals surface area contributed by atoms with Crippen molar-refractivity contribution in [2.45, 2.75) is 25.2 Å². The van der Waals surface area contributed by atoms with Gasteiger partial charge in [0.2, 0.25) is 0 Å². The van der Waals surface area contributed by atoms with Gasteiger partial charge in [0.25, 0.3) is 0 Å². The fraction of sp³-hybridized carbons (Fsp3) is 0.208. The number of benzene rings is 3. The molecule has 0 saturated heterocycles. The van der Waals surface area contributed by atoms with E-state index in [2.05, 4.69) is 0 Å². The number of para-hydroxylation sites is 1. The Morgan fingerprint density at radius 3 is 2.23 bits per heavy atom. The summed E-state index contributed by atoms with van der Waals surface area (Å²) in [7, 11) is 0. The zero-order valence-electron chi connectivity index (χ0n) is 16.8. The molecule has 160 valence electrons. The third kappa shape index (κ3) is 5.77. The van der Waals surface area contributed by atoms with Gasteiger partial charge in [-0.25, -0.2) is 0 Å². The fourth-order valence-corrected chi connectivity index (χ4v) is 3.14. The number of nitrogens with zero attached hydrogens (tertiary/aromatic N) is 2. The molecule has 0 spiro atoms. The van der Waals surface area contributed by atoms with Gasteiger partial charge in [-0.05, 0) is 48.9 Å². The zero-order valence-corrected chi connectivity index (χ0v) is 16.8. The molecule has 4 nitrogen and oxygen atoms in total. The summed E-state index contributed by atoms with van der Waals surface area (Å²) in [6.07, 6.45) is -7.27. The number of anilines is 1. The molecule has 7 heteroatoms. The molecule has 0 aromatic heterocycles. The van der Waals surface area contributed by atoms with Gasteiger partial charge in [0, 0.05) is 11.8 Å². The molecule has 0 amide bonds. The molecule has 1 N–H and O–H groups in total. The van der Waals surface area contributed by atoms with E-state index in [0.29, 0.717) is 28.3 Å². The maximum Gasteiger partial charge on any atom is 0.416 e. The van der Waals surface area contributed by atoms with Crippen molar-refractivity contribution in [3.63, 3.8) is 0 Å². The molecule has 2 unspecified atom stereocenters. The lowest BCUT2D eigenvalue weighted by Gasteiger charge is -2.34. The van der Waals surface area contributed by atoms with Gasteiger partial charge in [0.05, 0.1) is 24.2 Å². The van der Waals surface area contributed by atoms with Crippen LogP contribution in [0.1, 0.15) is 24.1 Å².